The molecular weight excluding hydrogens is 266 g/mol. The minimum atomic E-state index is -0.194. The minimum Gasteiger partial charge on any atom is -0.484 e. The van der Waals surface area contributed by atoms with Gasteiger partial charge in [-0.05, 0) is 68.2 Å². The van der Waals surface area contributed by atoms with Gasteiger partial charge in [-0.25, -0.2) is 0 Å². The number of aryl methyl sites for hydroxylation is 2. The van der Waals surface area contributed by atoms with E-state index in [0.717, 1.165) is 44.3 Å². The van der Waals surface area contributed by atoms with Crippen molar-refractivity contribution in [2.75, 3.05) is 6.61 Å². The van der Waals surface area contributed by atoms with Crippen LogP contribution in [0.5, 0.6) is 5.75 Å². The van der Waals surface area contributed by atoms with Crippen LogP contribution in [0.3, 0.4) is 0 Å². The summed E-state index contributed by atoms with van der Waals surface area (Å²) in [7, 11) is 0. The maximum Gasteiger partial charge on any atom is 0.258 e. The van der Waals surface area contributed by atoms with Crippen molar-refractivity contribution in [1.29, 1.82) is 0 Å². The van der Waals surface area contributed by atoms with Crippen LogP contribution in [0.15, 0.2) is 18.2 Å². The van der Waals surface area contributed by atoms with Crippen LogP contribution in [0.1, 0.15) is 43.2 Å². The van der Waals surface area contributed by atoms with E-state index in [9.17, 15) is 9.90 Å². The SMILES string of the molecule is O=C(COc1ccc2c(c1)CCC2)NC1CCC(O)CC1. The van der Waals surface area contributed by atoms with Crippen LogP contribution in [-0.2, 0) is 17.6 Å². The Kier molecular flexibility index (Phi) is 4.44. The van der Waals surface area contributed by atoms with Crippen molar-refractivity contribution < 1.29 is 14.6 Å². The number of ether oxygens (including phenoxy) is 1. The number of aliphatic hydroxyl groups excluding tert-OH is 1. The van der Waals surface area contributed by atoms with Crippen LogP contribution in [0.25, 0.3) is 0 Å². The standard InChI is InChI=1S/C17H23NO3/c19-15-7-5-14(6-8-15)18-17(20)11-21-16-9-4-12-2-1-3-13(12)10-16/h4,9-10,14-15,19H,1-3,5-8,11H2,(H,18,20). The Morgan fingerprint density at radius 2 is 1.95 bits per heavy atom. The summed E-state index contributed by atoms with van der Waals surface area (Å²) in [4.78, 5) is 11.9. The lowest BCUT2D eigenvalue weighted by Gasteiger charge is -2.26. The van der Waals surface area contributed by atoms with Crippen molar-refractivity contribution in [3.05, 3.63) is 29.3 Å². The number of carbonyl (C=O) groups is 1. The van der Waals surface area contributed by atoms with Crippen molar-refractivity contribution in [3.8, 4) is 5.75 Å². The molecule has 114 valence electrons. The topological polar surface area (TPSA) is 58.6 Å². The third-order valence-corrected chi connectivity index (χ3v) is 4.50. The fraction of sp³-hybridized carbons (Fsp3) is 0.588. The van der Waals surface area contributed by atoms with Crippen molar-refractivity contribution in [2.45, 2.75) is 57.1 Å². The Morgan fingerprint density at radius 1 is 1.19 bits per heavy atom. The molecule has 0 heterocycles. The van der Waals surface area contributed by atoms with E-state index in [1.165, 1.54) is 17.5 Å². The quantitative estimate of drug-likeness (QED) is 0.891. The number of amides is 1. The average molecular weight is 289 g/mol. The van der Waals surface area contributed by atoms with Gasteiger partial charge in [0.15, 0.2) is 6.61 Å². The van der Waals surface area contributed by atoms with Gasteiger partial charge in [-0.15, -0.1) is 0 Å². The summed E-state index contributed by atoms with van der Waals surface area (Å²) in [6, 6.07) is 6.31. The summed E-state index contributed by atoms with van der Waals surface area (Å²) >= 11 is 0. The first-order valence-electron chi connectivity index (χ1n) is 7.93. The lowest BCUT2D eigenvalue weighted by atomic mass is 9.93. The predicted octanol–water partition coefficient (Wildman–Crippen LogP) is 1.97. The van der Waals surface area contributed by atoms with Crippen molar-refractivity contribution in [2.24, 2.45) is 0 Å². The molecule has 0 atom stereocenters. The molecule has 1 amide bonds. The van der Waals surface area contributed by atoms with Gasteiger partial charge in [0.2, 0.25) is 0 Å². The zero-order chi connectivity index (χ0) is 14.7. The second-order valence-electron chi connectivity index (χ2n) is 6.15. The van der Waals surface area contributed by atoms with Crippen LogP contribution in [0.2, 0.25) is 0 Å². The summed E-state index contributed by atoms with van der Waals surface area (Å²) in [5.41, 5.74) is 2.77. The first-order valence-corrected chi connectivity index (χ1v) is 7.93. The van der Waals surface area contributed by atoms with E-state index in [0.29, 0.717) is 0 Å². The van der Waals surface area contributed by atoms with Crippen molar-refractivity contribution in [3.63, 3.8) is 0 Å². The zero-order valence-corrected chi connectivity index (χ0v) is 12.3. The highest BCUT2D eigenvalue weighted by Crippen LogP contribution is 2.26. The van der Waals surface area contributed by atoms with Gasteiger partial charge in [-0.1, -0.05) is 6.07 Å². The Hall–Kier alpha value is -1.55. The number of fused-ring (bicyclic) bond motifs is 1. The highest BCUT2D eigenvalue weighted by Gasteiger charge is 2.21. The molecule has 4 heteroatoms. The number of hydrogen-bond donors (Lipinski definition) is 2. The lowest BCUT2D eigenvalue weighted by molar-refractivity contribution is -0.124. The second kappa shape index (κ2) is 6.48. The van der Waals surface area contributed by atoms with E-state index in [-0.39, 0.29) is 24.7 Å². The maximum absolute atomic E-state index is 11.9. The molecule has 0 saturated heterocycles. The predicted molar refractivity (Wildman–Crippen MR) is 80.4 cm³/mol. The Labute approximate surface area is 125 Å². The fourth-order valence-corrected chi connectivity index (χ4v) is 3.28. The van der Waals surface area contributed by atoms with E-state index in [1.807, 2.05) is 6.07 Å². The normalized spacial score (nSPS) is 24.4. The molecule has 3 rings (SSSR count). The molecule has 2 N–H and O–H groups in total. The molecule has 0 spiro atoms. The van der Waals surface area contributed by atoms with Crippen LogP contribution in [0.4, 0.5) is 0 Å². The number of carbonyl (C=O) groups excluding carboxylic acids is 1. The lowest BCUT2D eigenvalue weighted by Crippen LogP contribution is -2.40. The molecule has 2 aliphatic rings. The number of rotatable bonds is 4. The number of aliphatic hydroxyl groups is 1. The molecule has 0 aliphatic heterocycles. The molecule has 0 bridgehead atoms. The van der Waals surface area contributed by atoms with E-state index in [2.05, 4.69) is 17.4 Å². The highest BCUT2D eigenvalue weighted by molar-refractivity contribution is 5.77. The van der Waals surface area contributed by atoms with Gasteiger partial charge in [-0.2, -0.15) is 0 Å². The zero-order valence-electron chi connectivity index (χ0n) is 12.3. The second-order valence-corrected chi connectivity index (χ2v) is 6.15. The molecule has 0 radical (unpaired) electrons. The van der Waals surface area contributed by atoms with Crippen LogP contribution in [-0.4, -0.2) is 29.8 Å². The Balaban J connectivity index is 1.45. The molecule has 1 aromatic carbocycles. The summed E-state index contributed by atoms with van der Waals surface area (Å²) < 4.78 is 5.59. The third kappa shape index (κ3) is 3.76. The van der Waals surface area contributed by atoms with Gasteiger partial charge in [-0.3, -0.25) is 4.79 Å². The Bertz CT molecular complexity index is 507. The monoisotopic (exact) mass is 289 g/mol. The first kappa shape index (κ1) is 14.4. The third-order valence-electron chi connectivity index (χ3n) is 4.50. The highest BCUT2D eigenvalue weighted by atomic mass is 16.5. The summed E-state index contributed by atoms with van der Waals surface area (Å²) in [5, 5.41) is 12.4. The molecular formula is C17H23NO3. The van der Waals surface area contributed by atoms with E-state index in [1.54, 1.807) is 0 Å². The van der Waals surface area contributed by atoms with Gasteiger partial charge in [0.1, 0.15) is 5.75 Å². The molecule has 0 aromatic heterocycles. The molecule has 2 aliphatic carbocycles. The van der Waals surface area contributed by atoms with Gasteiger partial charge < -0.3 is 15.2 Å². The average Bonchev–Trinajstić information content (AvgIpc) is 2.95. The number of nitrogens with one attached hydrogen (secondary N) is 1. The van der Waals surface area contributed by atoms with Crippen LogP contribution >= 0.6 is 0 Å². The van der Waals surface area contributed by atoms with Crippen molar-refractivity contribution >= 4 is 5.91 Å². The maximum atomic E-state index is 11.9. The number of hydrogen-bond acceptors (Lipinski definition) is 3. The fourth-order valence-electron chi connectivity index (χ4n) is 3.28. The van der Waals surface area contributed by atoms with Crippen LogP contribution in [0, 0.1) is 0 Å². The van der Waals surface area contributed by atoms with E-state index in [4.69, 9.17) is 4.74 Å². The number of benzene rings is 1. The molecule has 21 heavy (non-hydrogen) atoms. The molecule has 1 saturated carbocycles. The van der Waals surface area contributed by atoms with E-state index >= 15 is 0 Å². The van der Waals surface area contributed by atoms with Gasteiger partial charge >= 0.3 is 0 Å². The molecule has 1 fully saturated rings. The molecule has 4 nitrogen and oxygen atoms in total. The van der Waals surface area contributed by atoms with Crippen molar-refractivity contribution in [1.82, 2.24) is 5.32 Å². The summed E-state index contributed by atoms with van der Waals surface area (Å²) in [5.74, 6) is 0.710. The Morgan fingerprint density at radius 3 is 2.76 bits per heavy atom. The smallest absolute Gasteiger partial charge is 0.258 e. The van der Waals surface area contributed by atoms with Crippen LogP contribution < -0.4 is 10.1 Å². The van der Waals surface area contributed by atoms with E-state index < -0.39 is 0 Å². The first-order chi connectivity index (χ1) is 10.2. The van der Waals surface area contributed by atoms with Gasteiger partial charge in [0.05, 0.1) is 6.10 Å². The minimum absolute atomic E-state index is 0.0673. The molecule has 1 aromatic rings. The van der Waals surface area contributed by atoms with Gasteiger partial charge in [0, 0.05) is 6.04 Å². The summed E-state index contributed by atoms with van der Waals surface area (Å²) in [6.45, 7) is 0.0673. The largest absolute Gasteiger partial charge is 0.484 e. The summed E-state index contributed by atoms with van der Waals surface area (Å²) in [6.07, 6.45) is 6.55. The van der Waals surface area contributed by atoms with Gasteiger partial charge in [0.25, 0.3) is 5.91 Å². The molecule has 0 unspecified atom stereocenters.